The molecule has 0 aromatic carbocycles. The summed E-state index contributed by atoms with van der Waals surface area (Å²) < 4.78 is 22.8. The van der Waals surface area contributed by atoms with Crippen LogP contribution in [-0.2, 0) is 0 Å². The zero-order chi connectivity index (χ0) is 6.95. The van der Waals surface area contributed by atoms with Gasteiger partial charge in [0, 0.05) is 0 Å². The van der Waals surface area contributed by atoms with Crippen LogP contribution in [0.5, 0.6) is 0 Å². The molecule has 0 radical (unpaired) electrons. The standard InChI is InChI=1S/C7H12F2/c8-6-4-2-1-3-5-7-9/h1-2H,3-7H2. The van der Waals surface area contributed by atoms with Crippen LogP contribution in [0.3, 0.4) is 0 Å². The number of hydrogen-bond donors (Lipinski definition) is 0. The van der Waals surface area contributed by atoms with E-state index in [2.05, 4.69) is 0 Å². The van der Waals surface area contributed by atoms with Gasteiger partial charge in [0.2, 0.25) is 0 Å². The Kier molecular flexibility index (Phi) is 7.26. The molecule has 54 valence electrons. The van der Waals surface area contributed by atoms with Crippen LogP contribution < -0.4 is 0 Å². The molecule has 0 aliphatic carbocycles. The van der Waals surface area contributed by atoms with Gasteiger partial charge in [0.25, 0.3) is 0 Å². The maximum absolute atomic E-state index is 11.4. The average Bonchev–Trinajstić information content (AvgIpc) is 1.89. The van der Waals surface area contributed by atoms with Crippen LogP contribution in [0.2, 0.25) is 0 Å². The summed E-state index contributed by atoms with van der Waals surface area (Å²) in [6.07, 6.45) is 5.32. The molecular formula is C7H12F2. The van der Waals surface area contributed by atoms with Crippen LogP contribution >= 0.6 is 0 Å². The molecule has 0 atom stereocenters. The lowest BCUT2D eigenvalue weighted by atomic mass is 10.3. The number of hydrogen-bond acceptors (Lipinski definition) is 0. The highest BCUT2D eigenvalue weighted by Crippen LogP contribution is 1.92. The van der Waals surface area contributed by atoms with Gasteiger partial charge >= 0.3 is 0 Å². The molecule has 0 bridgehead atoms. The molecule has 0 heterocycles. The number of halogens is 2. The van der Waals surface area contributed by atoms with Crippen molar-refractivity contribution in [2.24, 2.45) is 0 Å². The zero-order valence-electron chi connectivity index (χ0n) is 5.45. The number of unbranched alkanes of at least 4 members (excludes halogenated alkanes) is 1. The topological polar surface area (TPSA) is 0 Å². The van der Waals surface area contributed by atoms with E-state index in [0.29, 0.717) is 12.8 Å². The van der Waals surface area contributed by atoms with Gasteiger partial charge in [-0.05, 0) is 19.3 Å². The molecule has 9 heavy (non-hydrogen) atoms. The summed E-state index contributed by atoms with van der Waals surface area (Å²) in [6.45, 7) is -0.591. The highest BCUT2D eigenvalue weighted by atomic mass is 19.1. The summed E-state index contributed by atoms with van der Waals surface area (Å²) in [6, 6.07) is 0. The quantitative estimate of drug-likeness (QED) is 0.400. The zero-order valence-corrected chi connectivity index (χ0v) is 5.45. The Morgan fingerprint density at radius 2 is 1.56 bits per heavy atom. The van der Waals surface area contributed by atoms with E-state index in [1.165, 1.54) is 0 Å². The highest BCUT2D eigenvalue weighted by molar-refractivity contribution is 4.80. The van der Waals surface area contributed by atoms with E-state index in [-0.39, 0.29) is 13.3 Å². The third-order valence-corrected chi connectivity index (χ3v) is 0.947. The molecule has 2 heteroatoms. The van der Waals surface area contributed by atoms with E-state index in [9.17, 15) is 8.78 Å². The second kappa shape index (κ2) is 7.60. The second-order valence-corrected chi connectivity index (χ2v) is 1.78. The Hall–Kier alpha value is -0.400. The van der Waals surface area contributed by atoms with E-state index < -0.39 is 0 Å². The van der Waals surface area contributed by atoms with Crippen molar-refractivity contribution in [1.29, 1.82) is 0 Å². The van der Waals surface area contributed by atoms with Crippen LogP contribution in [0.25, 0.3) is 0 Å². The van der Waals surface area contributed by atoms with Crippen LogP contribution in [-0.4, -0.2) is 13.3 Å². The van der Waals surface area contributed by atoms with Crippen molar-refractivity contribution in [2.75, 3.05) is 13.3 Å². The van der Waals surface area contributed by atoms with Crippen LogP contribution in [0.1, 0.15) is 19.3 Å². The first-order valence-corrected chi connectivity index (χ1v) is 3.18. The number of alkyl halides is 2. The summed E-state index contributed by atoms with van der Waals surface area (Å²) in [7, 11) is 0. The molecule has 0 fully saturated rings. The van der Waals surface area contributed by atoms with E-state index in [1.807, 2.05) is 6.08 Å². The van der Waals surface area contributed by atoms with Crippen LogP contribution in [0.4, 0.5) is 8.78 Å². The molecule has 0 saturated heterocycles. The Bertz CT molecular complexity index is 69.3. The van der Waals surface area contributed by atoms with Crippen molar-refractivity contribution >= 4 is 0 Å². The van der Waals surface area contributed by atoms with E-state index in [1.54, 1.807) is 6.08 Å². The van der Waals surface area contributed by atoms with Crippen molar-refractivity contribution < 1.29 is 8.78 Å². The van der Waals surface area contributed by atoms with Crippen molar-refractivity contribution in [3.63, 3.8) is 0 Å². The molecule has 0 aliphatic heterocycles. The monoisotopic (exact) mass is 134 g/mol. The molecule has 0 spiro atoms. The Morgan fingerprint density at radius 3 is 2.11 bits per heavy atom. The fourth-order valence-corrected chi connectivity index (χ4v) is 0.494. The molecule has 0 aromatic rings. The first-order chi connectivity index (χ1) is 4.41. The maximum Gasteiger partial charge on any atom is 0.0928 e. The summed E-state index contributed by atoms with van der Waals surface area (Å²) in [5.74, 6) is 0. The summed E-state index contributed by atoms with van der Waals surface area (Å²) in [4.78, 5) is 0. The Morgan fingerprint density at radius 1 is 0.889 bits per heavy atom. The van der Waals surface area contributed by atoms with Crippen molar-refractivity contribution in [3.8, 4) is 0 Å². The van der Waals surface area contributed by atoms with E-state index in [4.69, 9.17) is 0 Å². The molecular weight excluding hydrogens is 122 g/mol. The molecule has 0 nitrogen and oxygen atoms in total. The predicted octanol–water partition coefficient (Wildman–Crippen LogP) is 2.65. The van der Waals surface area contributed by atoms with Gasteiger partial charge in [-0.2, -0.15) is 0 Å². The van der Waals surface area contributed by atoms with Gasteiger partial charge in [0.15, 0.2) is 0 Å². The molecule has 0 aromatic heterocycles. The summed E-state index contributed by atoms with van der Waals surface area (Å²) in [5.41, 5.74) is 0. The maximum atomic E-state index is 11.4. The van der Waals surface area contributed by atoms with Gasteiger partial charge in [0.05, 0.1) is 13.3 Å². The normalized spacial score (nSPS) is 10.9. The largest absolute Gasteiger partial charge is 0.251 e. The van der Waals surface area contributed by atoms with Crippen LogP contribution in [0, 0.1) is 0 Å². The summed E-state index contributed by atoms with van der Waals surface area (Å²) >= 11 is 0. The minimum Gasteiger partial charge on any atom is -0.251 e. The second-order valence-electron chi connectivity index (χ2n) is 1.78. The smallest absolute Gasteiger partial charge is 0.0928 e. The SMILES string of the molecule is FCCC=CCCCF. The van der Waals surface area contributed by atoms with Gasteiger partial charge in [-0.1, -0.05) is 12.2 Å². The first kappa shape index (κ1) is 8.60. The van der Waals surface area contributed by atoms with Gasteiger partial charge < -0.3 is 0 Å². The van der Waals surface area contributed by atoms with Crippen molar-refractivity contribution in [2.45, 2.75) is 19.3 Å². The number of allylic oxidation sites excluding steroid dienone is 2. The number of rotatable bonds is 5. The lowest BCUT2D eigenvalue weighted by Crippen LogP contribution is -1.73. The average molecular weight is 134 g/mol. The lowest BCUT2D eigenvalue weighted by molar-refractivity contribution is 0.475. The molecule has 0 aliphatic rings. The molecule has 0 unspecified atom stereocenters. The fourth-order valence-electron chi connectivity index (χ4n) is 0.494. The Balaban J connectivity index is 2.86. The third-order valence-electron chi connectivity index (χ3n) is 0.947. The minimum atomic E-state index is -0.313. The molecule has 0 saturated carbocycles. The third kappa shape index (κ3) is 7.60. The Labute approximate surface area is 54.6 Å². The molecule has 0 amide bonds. The van der Waals surface area contributed by atoms with Gasteiger partial charge in [0.1, 0.15) is 0 Å². The first-order valence-electron chi connectivity index (χ1n) is 3.18. The van der Waals surface area contributed by atoms with E-state index in [0.717, 1.165) is 6.42 Å². The fraction of sp³-hybridized carbons (Fsp3) is 0.714. The van der Waals surface area contributed by atoms with Gasteiger partial charge in [-0.3, -0.25) is 8.78 Å². The van der Waals surface area contributed by atoms with Crippen LogP contribution in [0.15, 0.2) is 12.2 Å². The predicted molar refractivity (Wildman–Crippen MR) is 34.9 cm³/mol. The van der Waals surface area contributed by atoms with Crippen molar-refractivity contribution in [3.05, 3.63) is 12.2 Å². The van der Waals surface area contributed by atoms with Gasteiger partial charge in [-0.15, -0.1) is 0 Å². The lowest BCUT2D eigenvalue weighted by Gasteiger charge is -1.84. The molecule has 0 N–H and O–H groups in total. The molecule has 0 rings (SSSR count). The van der Waals surface area contributed by atoms with E-state index >= 15 is 0 Å². The summed E-state index contributed by atoms with van der Waals surface area (Å²) in [5, 5.41) is 0. The highest BCUT2D eigenvalue weighted by Gasteiger charge is 1.79. The van der Waals surface area contributed by atoms with Crippen molar-refractivity contribution in [1.82, 2.24) is 0 Å². The minimum absolute atomic E-state index is 0.278. The van der Waals surface area contributed by atoms with Gasteiger partial charge in [-0.25, -0.2) is 0 Å².